The molecule has 124 valence electrons. The van der Waals surface area contributed by atoms with Gasteiger partial charge in [-0.15, -0.1) is 11.3 Å². The van der Waals surface area contributed by atoms with E-state index in [2.05, 4.69) is 21.9 Å². The Labute approximate surface area is 150 Å². The van der Waals surface area contributed by atoms with Gasteiger partial charge in [-0.25, -0.2) is 4.68 Å². The predicted molar refractivity (Wildman–Crippen MR) is 98.7 cm³/mol. The lowest BCUT2D eigenvalue weighted by molar-refractivity contribution is -0.116. The maximum absolute atomic E-state index is 12.1. The Bertz CT molecular complexity index is 798. The molecule has 1 aromatic carbocycles. The molecule has 1 amide bonds. The molecule has 2 aromatic heterocycles. The van der Waals surface area contributed by atoms with Crippen molar-refractivity contribution in [1.82, 2.24) is 9.78 Å². The molecule has 0 saturated carbocycles. The van der Waals surface area contributed by atoms with Crippen LogP contribution in [0.25, 0.3) is 0 Å². The number of rotatable bonds is 7. The minimum Gasteiger partial charge on any atom is -0.311 e. The number of carbonyl (C=O) groups excluding carboxylic acids is 1. The third-order valence-corrected chi connectivity index (χ3v) is 4.97. The van der Waals surface area contributed by atoms with E-state index < -0.39 is 0 Å². The van der Waals surface area contributed by atoms with E-state index in [1.807, 2.05) is 30.3 Å². The summed E-state index contributed by atoms with van der Waals surface area (Å²) in [7, 11) is 0. The Morgan fingerprint density at radius 1 is 1.21 bits per heavy atom. The number of nitrogens with one attached hydrogen (secondary N) is 1. The lowest BCUT2D eigenvalue weighted by Crippen LogP contribution is -2.16. The molecular formula is C18H18ClN3OS. The van der Waals surface area contributed by atoms with Crippen molar-refractivity contribution in [3.05, 3.63) is 69.5 Å². The van der Waals surface area contributed by atoms with Crippen LogP contribution in [-0.4, -0.2) is 15.7 Å². The predicted octanol–water partition coefficient (Wildman–Crippen LogP) is 4.61. The smallest absolute Gasteiger partial charge is 0.225 e. The van der Waals surface area contributed by atoms with Gasteiger partial charge in [-0.3, -0.25) is 4.79 Å². The Morgan fingerprint density at radius 3 is 2.88 bits per heavy atom. The third kappa shape index (κ3) is 4.46. The molecule has 24 heavy (non-hydrogen) atoms. The summed E-state index contributed by atoms with van der Waals surface area (Å²) < 4.78 is 1.75. The number of anilines is 1. The number of halogens is 1. The summed E-state index contributed by atoms with van der Waals surface area (Å²) in [6.45, 7) is 0.525. The summed E-state index contributed by atoms with van der Waals surface area (Å²) in [4.78, 5) is 13.4. The van der Waals surface area contributed by atoms with Crippen LogP contribution in [-0.2, 0) is 17.8 Å². The van der Waals surface area contributed by atoms with Gasteiger partial charge >= 0.3 is 0 Å². The number of benzene rings is 1. The molecule has 0 bridgehead atoms. The molecule has 1 N–H and O–H groups in total. The van der Waals surface area contributed by atoms with Crippen LogP contribution in [0, 0.1) is 0 Å². The number of hydrogen-bond acceptors (Lipinski definition) is 3. The fourth-order valence-electron chi connectivity index (χ4n) is 2.44. The quantitative estimate of drug-likeness (QED) is 0.669. The van der Waals surface area contributed by atoms with Gasteiger partial charge in [-0.2, -0.15) is 5.10 Å². The zero-order valence-corrected chi connectivity index (χ0v) is 14.7. The Morgan fingerprint density at radius 2 is 2.08 bits per heavy atom. The largest absolute Gasteiger partial charge is 0.311 e. The van der Waals surface area contributed by atoms with Crippen molar-refractivity contribution in [3.8, 4) is 0 Å². The van der Waals surface area contributed by atoms with Crippen molar-refractivity contribution >= 4 is 34.7 Å². The summed E-state index contributed by atoms with van der Waals surface area (Å²) in [6.07, 6.45) is 3.95. The van der Waals surface area contributed by atoms with Gasteiger partial charge in [0.2, 0.25) is 5.91 Å². The highest BCUT2D eigenvalue weighted by Gasteiger charge is 2.09. The average molecular weight is 360 g/mol. The van der Waals surface area contributed by atoms with E-state index in [9.17, 15) is 4.79 Å². The minimum absolute atomic E-state index is 0.00691. The molecule has 0 fully saturated rings. The van der Waals surface area contributed by atoms with Crippen LogP contribution < -0.4 is 5.32 Å². The number of carbonyl (C=O) groups is 1. The number of aromatic nitrogens is 2. The van der Waals surface area contributed by atoms with Crippen molar-refractivity contribution in [2.75, 3.05) is 5.32 Å². The fraction of sp³-hybridized carbons (Fsp3) is 0.222. The van der Waals surface area contributed by atoms with Crippen molar-refractivity contribution < 1.29 is 4.79 Å². The first-order chi connectivity index (χ1) is 11.7. The van der Waals surface area contributed by atoms with E-state index in [4.69, 9.17) is 11.6 Å². The Kier molecular flexibility index (Phi) is 5.67. The summed E-state index contributed by atoms with van der Waals surface area (Å²) in [5.74, 6) is 0.698. The van der Waals surface area contributed by atoms with Gasteiger partial charge in [0.05, 0.1) is 12.7 Å². The van der Waals surface area contributed by atoms with Crippen LogP contribution >= 0.6 is 22.9 Å². The summed E-state index contributed by atoms with van der Waals surface area (Å²) in [5, 5.41) is 9.96. The second kappa shape index (κ2) is 8.13. The lowest BCUT2D eigenvalue weighted by atomic mass is 10.2. The second-order valence-electron chi connectivity index (χ2n) is 5.45. The molecule has 0 aliphatic rings. The van der Waals surface area contributed by atoms with E-state index in [1.54, 1.807) is 28.3 Å². The van der Waals surface area contributed by atoms with Gasteiger partial charge in [0.15, 0.2) is 0 Å². The van der Waals surface area contributed by atoms with Gasteiger partial charge in [0.25, 0.3) is 0 Å². The molecule has 6 heteroatoms. The number of hydrogen-bond donors (Lipinski definition) is 1. The van der Waals surface area contributed by atoms with Crippen LogP contribution in [0.3, 0.4) is 0 Å². The fourth-order valence-corrected chi connectivity index (χ4v) is 3.38. The first kappa shape index (κ1) is 16.7. The molecule has 0 spiro atoms. The highest BCUT2D eigenvalue weighted by molar-refractivity contribution is 7.09. The summed E-state index contributed by atoms with van der Waals surface area (Å²) in [5.41, 5.74) is 0.969. The normalized spacial score (nSPS) is 10.7. The monoisotopic (exact) mass is 359 g/mol. The summed E-state index contributed by atoms with van der Waals surface area (Å²) in [6, 6.07) is 13.6. The highest BCUT2D eigenvalue weighted by Crippen LogP contribution is 2.18. The topological polar surface area (TPSA) is 46.9 Å². The van der Waals surface area contributed by atoms with E-state index in [-0.39, 0.29) is 5.91 Å². The Balaban J connectivity index is 1.55. The van der Waals surface area contributed by atoms with Crippen LogP contribution in [0.1, 0.15) is 23.3 Å². The molecular weight excluding hydrogens is 342 g/mol. The van der Waals surface area contributed by atoms with Gasteiger partial charge in [-0.05, 0) is 35.9 Å². The molecule has 0 saturated heterocycles. The van der Waals surface area contributed by atoms with Crippen molar-refractivity contribution in [2.45, 2.75) is 25.8 Å². The van der Waals surface area contributed by atoms with Gasteiger partial charge < -0.3 is 5.32 Å². The van der Waals surface area contributed by atoms with Gasteiger partial charge in [0, 0.05) is 22.4 Å². The van der Waals surface area contributed by atoms with E-state index in [0.717, 1.165) is 18.4 Å². The van der Waals surface area contributed by atoms with Crippen molar-refractivity contribution in [1.29, 1.82) is 0 Å². The number of aryl methyl sites for hydroxylation is 1. The molecule has 3 rings (SSSR count). The van der Waals surface area contributed by atoms with Gasteiger partial charge in [0.1, 0.15) is 5.82 Å². The molecule has 4 nitrogen and oxygen atoms in total. The van der Waals surface area contributed by atoms with Gasteiger partial charge in [-0.1, -0.05) is 35.9 Å². The van der Waals surface area contributed by atoms with E-state index in [0.29, 0.717) is 23.8 Å². The van der Waals surface area contributed by atoms with Crippen LogP contribution in [0.2, 0.25) is 5.02 Å². The molecule has 3 aromatic rings. The molecule has 2 heterocycles. The highest BCUT2D eigenvalue weighted by atomic mass is 35.5. The first-order valence-electron chi connectivity index (χ1n) is 7.80. The van der Waals surface area contributed by atoms with Crippen LogP contribution in [0.15, 0.2) is 54.0 Å². The van der Waals surface area contributed by atoms with E-state index >= 15 is 0 Å². The third-order valence-electron chi connectivity index (χ3n) is 3.67. The zero-order valence-electron chi connectivity index (χ0n) is 13.1. The molecule has 0 radical (unpaired) electrons. The second-order valence-corrected chi connectivity index (χ2v) is 6.89. The van der Waals surface area contributed by atoms with Crippen molar-refractivity contribution in [3.63, 3.8) is 0 Å². The van der Waals surface area contributed by atoms with E-state index in [1.165, 1.54) is 4.88 Å². The standard InChI is InChI=1S/C18H18ClN3OS/c19-16-8-2-1-5-14(16)13-22-17(10-11-20-22)21-18(23)9-3-6-15-7-4-12-24-15/h1-2,4-5,7-8,10-12H,3,6,9,13H2,(H,21,23). The molecule has 0 atom stereocenters. The summed E-state index contributed by atoms with van der Waals surface area (Å²) >= 11 is 7.92. The Hall–Kier alpha value is -2.11. The number of nitrogens with zero attached hydrogens (tertiary/aromatic N) is 2. The van der Waals surface area contributed by atoms with Crippen molar-refractivity contribution in [2.24, 2.45) is 0 Å². The SMILES string of the molecule is O=C(CCCc1cccs1)Nc1ccnn1Cc1ccccc1Cl. The molecule has 0 aliphatic carbocycles. The van der Waals surface area contributed by atoms with Crippen LogP contribution in [0.5, 0.6) is 0 Å². The average Bonchev–Trinajstić information content (AvgIpc) is 3.22. The first-order valence-corrected chi connectivity index (χ1v) is 9.05. The number of amides is 1. The minimum atomic E-state index is 0.00691. The zero-order chi connectivity index (χ0) is 16.8. The number of thiophene rings is 1. The molecule has 0 aliphatic heterocycles. The molecule has 0 unspecified atom stereocenters. The maximum atomic E-state index is 12.1. The maximum Gasteiger partial charge on any atom is 0.225 e. The van der Waals surface area contributed by atoms with Crippen LogP contribution in [0.4, 0.5) is 5.82 Å². The lowest BCUT2D eigenvalue weighted by Gasteiger charge is -2.10.